The van der Waals surface area contributed by atoms with Gasteiger partial charge in [0.05, 0.1) is 22.0 Å². The van der Waals surface area contributed by atoms with Crippen molar-refractivity contribution < 1.29 is 19.5 Å². The Kier molecular flexibility index (Phi) is 6.16. The Labute approximate surface area is 174 Å². The van der Waals surface area contributed by atoms with Crippen LogP contribution < -0.4 is 10.2 Å². The third-order valence-electron chi connectivity index (χ3n) is 3.97. The number of carbonyl (C=O) groups excluding carboxylic acids is 2. The SMILES string of the molecule is N#CNC(=Nc1ccccc1Cl)SC1CC(=O)N(c2ccccc2C(=O)O)C1=O. The van der Waals surface area contributed by atoms with Crippen LogP contribution in [0.3, 0.4) is 0 Å². The van der Waals surface area contributed by atoms with Crippen molar-refractivity contribution in [2.24, 2.45) is 4.99 Å². The zero-order valence-electron chi connectivity index (χ0n) is 14.7. The molecule has 0 saturated carbocycles. The number of halogens is 1. The minimum absolute atomic E-state index is 0.0101. The maximum atomic E-state index is 12.8. The molecule has 8 nitrogen and oxygen atoms in total. The number of benzene rings is 2. The van der Waals surface area contributed by atoms with Crippen LogP contribution in [-0.2, 0) is 9.59 Å². The average Bonchev–Trinajstić information content (AvgIpc) is 2.96. The largest absolute Gasteiger partial charge is 0.478 e. The van der Waals surface area contributed by atoms with Crippen molar-refractivity contribution >= 4 is 57.7 Å². The van der Waals surface area contributed by atoms with E-state index in [0.29, 0.717) is 10.7 Å². The Balaban J connectivity index is 1.88. The van der Waals surface area contributed by atoms with Crippen LogP contribution in [0.1, 0.15) is 16.8 Å². The monoisotopic (exact) mass is 428 g/mol. The van der Waals surface area contributed by atoms with Gasteiger partial charge in [0.15, 0.2) is 11.4 Å². The Morgan fingerprint density at radius 2 is 1.93 bits per heavy atom. The Morgan fingerprint density at radius 1 is 1.24 bits per heavy atom. The zero-order chi connectivity index (χ0) is 21.0. The number of amides is 2. The quantitative estimate of drug-likeness (QED) is 0.252. The van der Waals surface area contributed by atoms with Crippen molar-refractivity contribution in [3.05, 3.63) is 59.1 Å². The number of aliphatic imine (C=N–C) groups is 1. The third-order valence-corrected chi connectivity index (χ3v) is 5.36. The smallest absolute Gasteiger partial charge is 0.337 e. The second-order valence-corrected chi connectivity index (χ2v) is 7.40. The van der Waals surface area contributed by atoms with Gasteiger partial charge in [0, 0.05) is 6.42 Å². The molecule has 29 heavy (non-hydrogen) atoms. The number of hydrogen-bond donors (Lipinski definition) is 2. The molecule has 3 rings (SSSR count). The Bertz CT molecular complexity index is 1070. The molecule has 1 heterocycles. The van der Waals surface area contributed by atoms with Crippen LogP contribution in [0.15, 0.2) is 53.5 Å². The van der Waals surface area contributed by atoms with Crippen LogP contribution in [0.25, 0.3) is 0 Å². The van der Waals surface area contributed by atoms with Crippen LogP contribution in [0.4, 0.5) is 11.4 Å². The molecule has 1 aliphatic rings. The topological polar surface area (TPSA) is 123 Å². The molecule has 0 aliphatic carbocycles. The molecule has 2 aromatic rings. The minimum Gasteiger partial charge on any atom is -0.478 e. The number of nitrogens with zero attached hydrogens (tertiary/aromatic N) is 3. The number of carboxylic acid groups (broad SMARTS) is 1. The molecular weight excluding hydrogens is 416 g/mol. The molecule has 10 heteroatoms. The normalized spacial score (nSPS) is 16.6. The molecule has 1 saturated heterocycles. The maximum absolute atomic E-state index is 12.8. The number of amidine groups is 1. The second-order valence-electron chi connectivity index (χ2n) is 5.81. The van der Waals surface area contributed by atoms with Gasteiger partial charge in [-0.15, -0.1) is 0 Å². The van der Waals surface area contributed by atoms with Gasteiger partial charge < -0.3 is 5.11 Å². The van der Waals surface area contributed by atoms with Gasteiger partial charge in [-0.1, -0.05) is 47.6 Å². The van der Waals surface area contributed by atoms with E-state index in [1.165, 1.54) is 18.2 Å². The molecule has 0 bridgehead atoms. The summed E-state index contributed by atoms with van der Waals surface area (Å²) in [6, 6.07) is 12.5. The number of rotatable bonds is 4. The van der Waals surface area contributed by atoms with Gasteiger partial charge in [0.25, 0.3) is 0 Å². The van der Waals surface area contributed by atoms with E-state index in [1.54, 1.807) is 36.5 Å². The molecule has 2 amide bonds. The molecule has 1 atom stereocenters. The first-order valence-electron chi connectivity index (χ1n) is 8.26. The number of para-hydroxylation sites is 2. The number of hydrogen-bond acceptors (Lipinski definition) is 6. The van der Waals surface area contributed by atoms with Gasteiger partial charge in [0.2, 0.25) is 11.8 Å². The number of anilines is 1. The highest BCUT2D eigenvalue weighted by Gasteiger charge is 2.42. The molecule has 2 N–H and O–H groups in total. The van der Waals surface area contributed by atoms with E-state index in [-0.39, 0.29) is 22.8 Å². The first-order chi connectivity index (χ1) is 13.9. The highest BCUT2D eigenvalue weighted by atomic mass is 35.5. The fourth-order valence-corrected chi connectivity index (χ4v) is 3.85. The molecule has 1 aliphatic heterocycles. The van der Waals surface area contributed by atoms with E-state index in [9.17, 15) is 19.5 Å². The molecule has 0 spiro atoms. The number of carbonyl (C=O) groups is 3. The molecule has 2 aromatic carbocycles. The molecule has 146 valence electrons. The van der Waals surface area contributed by atoms with E-state index in [0.717, 1.165) is 16.7 Å². The van der Waals surface area contributed by atoms with E-state index >= 15 is 0 Å². The highest BCUT2D eigenvalue weighted by Crippen LogP contribution is 2.33. The predicted octanol–water partition coefficient (Wildman–Crippen LogP) is 3.16. The van der Waals surface area contributed by atoms with Gasteiger partial charge in [-0.25, -0.2) is 14.7 Å². The summed E-state index contributed by atoms with van der Waals surface area (Å²) in [6.45, 7) is 0. The van der Waals surface area contributed by atoms with Crippen molar-refractivity contribution in [3.63, 3.8) is 0 Å². The van der Waals surface area contributed by atoms with Crippen molar-refractivity contribution in [2.45, 2.75) is 11.7 Å². The zero-order valence-corrected chi connectivity index (χ0v) is 16.3. The lowest BCUT2D eigenvalue weighted by Crippen LogP contribution is -2.33. The van der Waals surface area contributed by atoms with E-state index < -0.39 is 23.0 Å². The predicted molar refractivity (Wildman–Crippen MR) is 109 cm³/mol. The van der Waals surface area contributed by atoms with E-state index in [2.05, 4.69) is 10.3 Å². The lowest BCUT2D eigenvalue weighted by atomic mass is 10.1. The Hall–Kier alpha value is -3.35. The maximum Gasteiger partial charge on any atom is 0.337 e. The lowest BCUT2D eigenvalue weighted by molar-refractivity contribution is -0.121. The summed E-state index contributed by atoms with van der Waals surface area (Å²) in [5.41, 5.74) is 0.250. The Morgan fingerprint density at radius 3 is 2.62 bits per heavy atom. The van der Waals surface area contributed by atoms with Crippen LogP contribution in [-0.4, -0.2) is 33.3 Å². The molecular formula is C19H13ClN4O4S. The van der Waals surface area contributed by atoms with Gasteiger partial charge in [-0.2, -0.15) is 5.26 Å². The van der Waals surface area contributed by atoms with Crippen molar-refractivity contribution in [1.29, 1.82) is 5.26 Å². The summed E-state index contributed by atoms with van der Waals surface area (Å²) >= 11 is 6.98. The summed E-state index contributed by atoms with van der Waals surface area (Å²) < 4.78 is 0. The molecule has 0 radical (unpaired) electrons. The van der Waals surface area contributed by atoms with Crippen LogP contribution in [0.2, 0.25) is 5.02 Å². The number of imide groups is 1. The number of thioether (sulfide) groups is 1. The lowest BCUT2D eigenvalue weighted by Gasteiger charge is -2.17. The minimum atomic E-state index is -1.25. The van der Waals surface area contributed by atoms with Crippen molar-refractivity contribution in [1.82, 2.24) is 5.32 Å². The molecule has 1 unspecified atom stereocenters. The first-order valence-corrected chi connectivity index (χ1v) is 9.52. The molecule has 1 fully saturated rings. The summed E-state index contributed by atoms with van der Waals surface area (Å²) in [4.78, 5) is 41.9. The second kappa shape index (κ2) is 8.77. The number of nitriles is 1. The number of aromatic carboxylic acids is 1. The first kappa shape index (κ1) is 20.4. The standard InChI is InChI=1S/C19H13ClN4O4S/c20-12-6-2-3-7-13(12)23-19(22-10-21)29-15-9-16(25)24(17(15)26)14-8-4-1-5-11(14)18(27)28/h1-8,15H,9H2,(H,22,23)(H,27,28). The summed E-state index contributed by atoms with van der Waals surface area (Å²) in [6.07, 6.45) is 1.58. The van der Waals surface area contributed by atoms with Crippen LogP contribution in [0.5, 0.6) is 0 Å². The van der Waals surface area contributed by atoms with E-state index in [1.807, 2.05) is 0 Å². The van der Waals surface area contributed by atoms with E-state index in [4.69, 9.17) is 16.9 Å². The number of nitrogens with one attached hydrogen (secondary N) is 1. The molecule has 0 aromatic heterocycles. The third kappa shape index (κ3) is 4.39. The summed E-state index contributed by atoms with van der Waals surface area (Å²) in [5.74, 6) is -2.36. The van der Waals surface area contributed by atoms with Gasteiger partial charge >= 0.3 is 5.97 Å². The highest BCUT2D eigenvalue weighted by molar-refractivity contribution is 8.15. The van der Waals surface area contributed by atoms with Crippen molar-refractivity contribution in [3.8, 4) is 6.19 Å². The average molecular weight is 429 g/mol. The van der Waals surface area contributed by atoms with Crippen molar-refractivity contribution in [2.75, 3.05) is 4.90 Å². The summed E-state index contributed by atoms with van der Waals surface area (Å²) in [5, 5.41) is 20.3. The van der Waals surface area contributed by atoms with Gasteiger partial charge in [-0.05, 0) is 24.3 Å². The fraction of sp³-hybridized carbons (Fsp3) is 0.105. The summed E-state index contributed by atoms with van der Waals surface area (Å²) in [7, 11) is 0. The van der Waals surface area contributed by atoms with Gasteiger partial charge in [0.1, 0.15) is 5.25 Å². The van der Waals surface area contributed by atoms with Crippen LogP contribution >= 0.6 is 23.4 Å². The number of carboxylic acids is 1. The fourth-order valence-electron chi connectivity index (χ4n) is 2.72. The van der Waals surface area contributed by atoms with Crippen LogP contribution in [0, 0.1) is 11.5 Å². The van der Waals surface area contributed by atoms with Gasteiger partial charge in [-0.3, -0.25) is 14.9 Å².